The van der Waals surface area contributed by atoms with Crippen LogP contribution in [-0.2, 0) is 0 Å². The zero-order chi connectivity index (χ0) is 21.7. The Labute approximate surface area is 173 Å². The van der Waals surface area contributed by atoms with E-state index in [0.29, 0.717) is 17.5 Å². The van der Waals surface area contributed by atoms with Crippen molar-refractivity contribution in [3.8, 4) is 17.6 Å². The molecule has 0 N–H and O–H groups in total. The summed E-state index contributed by atoms with van der Waals surface area (Å²) in [7, 11) is 0. The van der Waals surface area contributed by atoms with Crippen molar-refractivity contribution >= 4 is 5.97 Å². The molecule has 0 spiro atoms. The zero-order valence-electron chi connectivity index (χ0n) is 16.6. The highest BCUT2D eigenvalue weighted by molar-refractivity contribution is 5.91. The minimum Gasteiger partial charge on any atom is -0.487 e. The van der Waals surface area contributed by atoms with Crippen LogP contribution in [0.1, 0.15) is 54.9 Å². The molecule has 7 heteroatoms. The van der Waals surface area contributed by atoms with Crippen LogP contribution >= 0.6 is 0 Å². The normalized spacial score (nSPS) is 18.5. The third kappa shape index (κ3) is 4.93. The van der Waals surface area contributed by atoms with Crippen molar-refractivity contribution in [2.75, 3.05) is 6.61 Å². The lowest BCUT2D eigenvalue weighted by Crippen LogP contribution is -2.21. The van der Waals surface area contributed by atoms with Gasteiger partial charge in [0, 0.05) is 0 Å². The Kier molecular flexibility index (Phi) is 6.99. The van der Waals surface area contributed by atoms with Crippen LogP contribution in [0, 0.1) is 40.6 Å². The summed E-state index contributed by atoms with van der Waals surface area (Å²) in [6, 6.07) is 7.91. The number of esters is 1. The SMILES string of the molecule is CCC1CCC(COc2c(F)cc(C(=O)Oc3ccc(C#N)cc3)c(F)c2F)CC1. The van der Waals surface area contributed by atoms with E-state index >= 15 is 0 Å². The number of benzene rings is 2. The van der Waals surface area contributed by atoms with Crippen LogP contribution in [0.25, 0.3) is 0 Å². The fourth-order valence-electron chi connectivity index (χ4n) is 3.63. The van der Waals surface area contributed by atoms with E-state index in [4.69, 9.17) is 14.7 Å². The second-order valence-electron chi connectivity index (χ2n) is 7.49. The van der Waals surface area contributed by atoms with Crippen LogP contribution in [0.3, 0.4) is 0 Å². The van der Waals surface area contributed by atoms with Crippen molar-refractivity contribution in [3.63, 3.8) is 0 Å². The number of hydrogen-bond donors (Lipinski definition) is 0. The first-order valence-electron chi connectivity index (χ1n) is 9.95. The highest BCUT2D eigenvalue weighted by atomic mass is 19.2. The molecule has 0 saturated heterocycles. The molecule has 3 rings (SSSR count). The van der Waals surface area contributed by atoms with Gasteiger partial charge >= 0.3 is 5.97 Å². The minimum absolute atomic E-state index is 0.0159. The van der Waals surface area contributed by atoms with E-state index in [2.05, 4.69) is 6.92 Å². The molecule has 30 heavy (non-hydrogen) atoms. The standard InChI is InChI=1S/C23H22F3NO3/c1-2-14-3-5-16(6-4-14)13-29-22-19(24)11-18(20(25)21(22)26)23(28)30-17-9-7-15(12-27)8-10-17/h7-11,14,16H,2-6,13H2,1H3. The molecule has 158 valence electrons. The number of carbonyl (C=O) groups excluding carboxylic acids is 1. The van der Waals surface area contributed by atoms with E-state index in [1.807, 2.05) is 6.07 Å². The molecule has 4 nitrogen and oxygen atoms in total. The fourth-order valence-corrected chi connectivity index (χ4v) is 3.63. The molecule has 1 saturated carbocycles. The van der Waals surface area contributed by atoms with Crippen LogP contribution in [0.2, 0.25) is 0 Å². The third-order valence-electron chi connectivity index (χ3n) is 5.54. The van der Waals surface area contributed by atoms with Gasteiger partial charge in [-0.25, -0.2) is 13.6 Å². The first-order chi connectivity index (χ1) is 14.4. The van der Waals surface area contributed by atoms with E-state index < -0.39 is 34.7 Å². The second-order valence-corrected chi connectivity index (χ2v) is 7.49. The van der Waals surface area contributed by atoms with Gasteiger partial charge in [0.15, 0.2) is 17.4 Å². The molecule has 0 amide bonds. The molecule has 0 bridgehead atoms. The summed E-state index contributed by atoms with van der Waals surface area (Å²) in [4.78, 5) is 12.2. The Morgan fingerprint density at radius 1 is 1.07 bits per heavy atom. The van der Waals surface area contributed by atoms with Gasteiger partial charge < -0.3 is 9.47 Å². The van der Waals surface area contributed by atoms with E-state index in [1.165, 1.54) is 24.3 Å². The molecule has 0 heterocycles. The molecule has 0 atom stereocenters. The molecular weight excluding hydrogens is 395 g/mol. The monoisotopic (exact) mass is 417 g/mol. The van der Waals surface area contributed by atoms with Gasteiger partial charge in [0.2, 0.25) is 5.82 Å². The van der Waals surface area contributed by atoms with Gasteiger partial charge in [-0.1, -0.05) is 26.2 Å². The average molecular weight is 417 g/mol. The molecule has 2 aromatic carbocycles. The maximum atomic E-state index is 14.4. The van der Waals surface area contributed by atoms with Gasteiger partial charge in [0.05, 0.1) is 18.2 Å². The molecule has 0 aromatic heterocycles. The molecule has 0 unspecified atom stereocenters. The van der Waals surface area contributed by atoms with Crippen LogP contribution in [0.15, 0.2) is 30.3 Å². The van der Waals surface area contributed by atoms with E-state index in [0.717, 1.165) is 32.1 Å². The predicted molar refractivity (Wildman–Crippen MR) is 104 cm³/mol. The molecule has 0 aliphatic heterocycles. The maximum Gasteiger partial charge on any atom is 0.346 e. The maximum absolute atomic E-state index is 14.4. The van der Waals surface area contributed by atoms with Crippen molar-refractivity contribution in [2.24, 2.45) is 11.8 Å². The van der Waals surface area contributed by atoms with E-state index in [-0.39, 0.29) is 18.3 Å². The number of ether oxygens (including phenoxy) is 2. The number of nitrogens with zero attached hydrogens (tertiary/aromatic N) is 1. The van der Waals surface area contributed by atoms with E-state index in [1.54, 1.807) is 0 Å². The third-order valence-corrected chi connectivity index (χ3v) is 5.54. The van der Waals surface area contributed by atoms with Gasteiger partial charge in [-0.15, -0.1) is 0 Å². The summed E-state index contributed by atoms with van der Waals surface area (Å²) in [5.41, 5.74) is -0.534. The Morgan fingerprint density at radius 2 is 1.70 bits per heavy atom. The smallest absolute Gasteiger partial charge is 0.346 e. The van der Waals surface area contributed by atoms with Gasteiger partial charge in [-0.05, 0) is 55.0 Å². The van der Waals surface area contributed by atoms with Gasteiger partial charge in [-0.2, -0.15) is 9.65 Å². The van der Waals surface area contributed by atoms with Gasteiger partial charge in [0.25, 0.3) is 0 Å². The largest absolute Gasteiger partial charge is 0.487 e. The molecule has 1 fully saturated rings. The number of rotatable bonds is 6. The molecular formula is C23H22F3NO3. The summed E-state index contributed by atoms with van der Waals surface area (Å²) in [6.45, 7) is 2.24. The topological polar surface area (TPSA) is 59.3 Å². The molecule has 1 aliphatic carbocycles. The highest BCUT2D eigenvalue weighted by Gasteiger charge is 2.27. The Morgan fingerprint density at radius 3 is 2.30 bits per heavy atom. The minimum atomic E-state index is -1.55. The summed E-state index contributed by atoms with van der Waals surface area (Å²) in [6.07, 6.45) is 5.01. The zero-order valence-corrected chi connectivity index (χ0v) is 16.6. The number of nitriles is 1. The number of hydrogen-bond acceptors (Lipinski definition) is 4. The first kappa shape index (κ1) is 21.7. The van der Waals surface area contributed by atoms with E-state index in [9.17, 15) is 18.0 Å². The van der Waals surface area contributed by atoms with Gasteiger partial charge in [-0.3, -0.25) is 0 Å². The average Bonchev–Trinajstić information content (AvgIpc) is 2.77. The number of carbonyl (C=O) groups is 1. The molecule has 2 aromatic rings. The first-order valence-corrected chi connectivity index (χ1v) is 9.95. The summed E-state index contributed by atoms with van der Waals surface area (Å²) in [5.74, 6) is -5.46. The van der Waals surface area contributed by atoms with Gasteiger partial charge in [0.1, 0.15) is 11.3 Å². The van der Waals surface area contributed by atoms with Crippen molar-refractivity contribution in [3.05, 3.63) is 58.9 Å². The lowest BCUT2D eigenvalue weighted by Gasteiger charge is -2.27. The van der Waals surface area contributed by atoms with Crippen molar-refractivity contribution in [1.82, 2.24) is 0 Å². The summed E-state index contributed by atoms with van der Waals surface area (Å²) in [5, 5.41) is 8.76. The van der Waals surface area contributed by atoms with Crippen LogP contribution in [0.4, 0.5) is 13.2 Å². The Balaban J connectivity index is 1.69. The number of halogens is 3. The Hall–Kier alpha value is -3.01. The summed E-state index contributed by atoms with van der Waals surface area (Å²) >= 11 is 0. The van der Waals surface area contributed by atoms with Crippen molar-refractivity contribution in [1.29, 1.82) is 5.26 Å². The lowest BCUT2D eigenvalue weighted by molar-refractivity contribution is 0.0727. The summed E-state index contributed by atoms with van der Waals surface area (Å²) < 4.78 is 53.4. The second kappa shape index (κ2) is 9.66. The van der Waals surface area contributed by atoms with Crippen LogP contribution < -0.4 is 9.47 Å². The van der Waals surface area contributed by atoms with Crippen LogP contribution in [0.5, 0.6) is 11.5 Å². The lowest BCUT2D eigenvalue weighted by atomic mass is 9.81. The highest BCUT2D eigenvalue weighted by Crippen LogP contribution is 2.33. The van der Waals surface area contributed by atoms with Crippen molar-refractivity contribution < 1.29 is 27.4 Å². The molecule has 0 radical (unpaired) electrons. The quantitative estimate of drug-likeness (QED) is 0.339. The van der Waals surface area contributed by atoms with Crippen LogP contribution in [-0.4, -0.2) is 12.6 Å². The predicted octanol–water partition coefficient (Wildman–Crippen LogP) is 5.79. The molecule has 1 aliphatic rings. The fraction of sp³-hybridized carbons (Fsp3) is 0.391. The Bertz CT molecular complexity index is 946. The van der Waals surface area contributed by atoms with Crippen molar-refractivity contribution in [2.45, 2.75) is 39.0 Å².